The standard InChI is InChI=1S/C12H17BrFNO/c1-9(13)7-15(2)8-10-4-5-11(16-3)6-12(10)14/h4-6,9H,7-8H2,1-3H3. The largest absolute Gasteiger partial charge is 0.497 e. The zero-order chi connectivity index (χ0) is 12.1. The molecule has 0 spiro atoms. The fraction of sp³-hybridized carbons (Fsp3) is 0.500. The van der Waals surface area contributed by atoms with Crippen molar-refractivity contribution in [3.05, 3.63) is 29.6 Å². The number of halogens is 2. The molecule has 0 bridgehead atoms. The van der Waals surface area contributed by atoms with Crippen molar-refractivity contribution in [3.8, 4) is 5.75 Å². The van der Waals surface area contributed by atoms with E-state index in [1.54, 1.807) is 12.1 Å². The molecule has 0 aromatic heterocycles. The van der Waals surface area contributed by atoms with Gasteiger partial charge < -0.3 is 9.64 Å². The second kappa shape index (κ2) is 6.21. The van der Waals surface area contributed by atoms with E-state index in [9.17, 15) is 4.39 Å². The number of hydrogen-bond donors (Lipinski definition) is 0. The number of hydrogen-bond acceptors (Lipinski definition) is 2. The highest BCUT2D eigenvalue weighted by molar-refractivity contribution is 9.09. The average molecular weight is 290 g/mol. The molecule has 0 radical (unpaired) electrons. The molecule has 1 aromatic rings. The summed E-state index contributed by atoms with van der Waals surface area (Å²) in [5, 5.41) is 0. The van der Waals surface area contributed by atoms with Crippen molar-refractivity contribution in [1.29, 1.82) is 0 Å². The van der Waals surface area contributed by atoms with Gasteiger partial charge in [0.1, 0.15) is 11.6 Å². The maximum Gasteiger partial charge on any atom is 0.131 e. The Bertz CT molecular complexity index is 344. The van der Waals surface area contributed by atoms with Gasteiger partial charge in [0, 0.05) is 29.5 Å². The van der Waals surface area contributed by atoms with Crippen LogP contribution in [0.5, 0.6) is 5.75 Å². The first-order valence-corrected chi connectivity index (χ1v) is 6.09. The summed E-state index contributed by atoms with van der Waals surface area (Å²) in [5.74, 6) is 0.339. The van der Waals surface area contributed by atoms with E-state index in [1.807, 2.05) is 7.05 Å². The van der Waals surface area contributed by atoms with Gasteiger partial charge in [0.2, 0.25) is 0 Å². The molecule has 1 unspecified atom stereocenters. The van der Waals surface area contributed by atoms with Crippen molar-refractivity contribution in [3.63, 3.8) is 0 Å². The second-order valence-electron chi connectivity index (χ2n) is 3.93. The highest BCUT2D eigenvalue weighted by Crippen LogP contribution is 2.17. The third kappa shape index (κ3) is 4.10. The minimum absolute atomic E-state index is 0.214. The van der Waals surface area contributed by atoms with Crippen LogP contribution in [0.15, 0.2) is 18.2 Å². The number of rotatable bonds is 5. The molecule has 0 saturated carbocycles. The van der Waals surface area contributed by atoms with Crippen molar-refractivity contribution in [2.24, 2.45) is 0 Å². The lowest BCUT2D eigenvalue weighted by Gasteiger charge is -2.18. The molecule has 0 aliphatic carbocycles. The maximum atomic E-state index is 13.6. The molecule has 16 heavy (non-hydrogen) atoms. The number of benzene rings is 1. The van der Waals surface area contributed by atoms with E-state index in [0.717, 1.165) is 6.54 Å². The minimum atomic E-state index is -0.214. The molecular weight excluding hydrogens is 273 g/mol. The molecule has 1 aromatic carbocycles. The van der Waals surface area contributed by atoms with E-state index < -0.39 is 0 Å². The Morgan fingerprint density at radius 2 is 2.19 bits per heavy atom. The molecule has 1 atom stereocenters. The van der Waals surface area contributed by atoms with Gasteiger partial charge in [-0.1, -0.05) is 28.9 Å². The first-order chi connectivity index (χ1) is 7.52. The SMILES string of the molecule is COc1ccc(CN(C)CC(C)Br)c(F)c1. The molecule has 1 rings (SSSR count). The molecule has 0 N–H and O–H groups in total. The second-order valence-corrected chi connectivity index (χ2v) is 5.50. The summed E-state index contributed by atoms with van der Waals surface area (Å²) in [4.78, 5) is 2.48. The van der Waals surface area contributed by atoms with E-state index in [0.29, 0.717) is 22.7 Å². The van der Waals surface area contributed by atoms with Crippen LogP contribution in [0.1, 0.15) is 12.5 Å². The van der Waals surface area contributed by atoms with Gasteiger partial charge in [-0.3, -0.25) is 0 Å². The van der Waals surface area contributed by atoms with Crippen LogP contribution in [0, 0.1) is 5.82 Å². The van der Waals surface area contributed by atoms with Crippen molar-refractivity contribution in [2.45, 2.75) is 18.3 Å². The van der Waals surface area contributed by atoms with Crippen LogP contribution < -0.4 is 4.74 Å². The van der Waals surface area contributed by atoms with E-state index in [2.05, 4.69) is 27.8 Å². The van der Waals surface area contributed by atoms with Gasteiger partial charge >= 0.3 is 0 Å². The third-order valence-corrected chi connectivity index (χ3v) is 2.55. The molecule has 0 fully saturated rings. The number of ether oxygens (including phenoxy) is 1. The molecule has 90 valence electrons. The summed E-state index contributed by atoms with van der Waals surface area (Å²) >= 11 is 3.47. The lowest BCUT2D eigenvalue weighted by molar-refractivity contribution is 0.326. The van der Waals surface area contributed by atoms with E-state index >= 15 is 0 Å². The molecule has 0 aliphatic rings. The Kier molecular flexibility index (Phi) is 5.22. The summed E-state index contributed by atoms with van der Waals surface area (Å²) in [6, 6.07) is 4.97. The van der Waals surface area contributed by atoms with Crippen LogP contribution >= 0.6 is 15.9 Å². The Labute approximate surface area is 105 Å². The first kappa shape index (κ1) is 13.5. The number of methoxy groups -OCH3 is 1. The van der Waals surface area contributed by atoms with Crippen molar-refractivity contribution >= 4 is 15.9 Å². The monoisotopic (exact) mass is 289 g/mol. The van der Waals surface area contributed by atoms with Gasteiger partial charge in [0.15, 0.2) is 0 Å². The third-order valence-electron chi connectivity index (χ3n) is 2.26. The van der Waals surface area contributed by atoms with Crippen LogP contribution in [-0.2, 0) is 6.54 Å². The highest BCUT2D eigenvalue weighted by Gasteiger charge is 2.08. The summed E-state index contributed by atoms with van der Waals surface area (Å²) in [6.07, 6.45) is 0. The predicted molar refractivity (Wildman–Crippen MR) is 67.7 cm³/mol. The van der Waals surface area contributed by atoms with Crippen molar-refractivity contribution in [2.75, 3.05) is 20.7 Å². The number of nitrogens with zero attached hydrogens (tertiary/aromatic N) is 1. The fourth-order valence-corrected chi connectivity index (χ4v) is 2.06. The Morgan fingerprint density at radius 1 is 1.50 bits per heavy atom. The van der Waals surface area contributed by atoms with Gasteiger partial charge in [-0.05, 0) is 13.1 Å². The molecule has 0 heterocycles. The summed E-state index contributed by atoms with van der Waals surface area (Å²) < 4.78 is 18.6. The van der Waals surface area contributed by atoms with Crippen LogP contribution in [-0.4, -0.2) is 30.4 Å². The Morgan fingerprint density at radius 3 is 2.69 bits per heavy atom. The Balaban J connectivity index is 2.66. The van der Waals surface area contributed by atoms with Gasteiger partial charge in [0.25, 0.3) is 0 Å². The van der Waals surface area contributed by atoms with Crippen molar-refractivity contribution in [1.82, 2.24) is 4.90 Å². The molecule has 2 nitrogen and oxygen atoms in total. The van der Waals surface area contributed by atoms with Gasteiger partial charge in [0.05, 0.1) is 7.11 Å². The van der Waals surface area contributed by atoms with E-state index in [4.69, 9.17) is 4.74 Å². The quantitative estimate of drug-likeness (QED) is 0.773. The summed E-state index contributed by atoms with van der Waals surface area (Å²) in [7, 11) is 3.51. The van der Waals surface area contributed by atoms with Gasteiger partial charge in [-0.25, -0.2) is 4.39 Å². The molecule has 0 amide bonds. The normalized spacial score (nSPS) is 12.9. The highest BCUT2D eigenvalue weighted by atomic mass is 79.9. The molecule has 4 heteroatoms. The summed E-state index contributed by atoms with van der Waals surface area (Å²) in [5.41, 5.74) is 0.691. The smallest absolute Gasteiger partial charge is 0.131 e. The zero-order valence-electron chi connectivity index (χ0n) is 9.84. The maximum absolute atomic E-state index is 13.6. The Hall–Kier alpha value is -0.610. The molecule has 0 saturated heterocycles. The van der Waals surface area contributed by atoms with E-state index in [1.165, 1.54) is 13.2 Å². The zero-order valence-corrected chi connectivity index (χ0v) is 11.4. The van der Waals surface area contributed by atoms with Crippen LogP contribution in [0.4, 0.5) is 4.39 Å². The van der Waals surface area contributed by atoms with E-state index in [-0.39, 0.29) is 5.82 Å². The average Bonchev–Trinajstić information content (AvgIpc) is 2.19. The predicted octanol–water partition coefficient (Wildman–Crippen LogP) is 3.05. The van der Waals surface area contributed by atoms with Gasteiger partial charge in [-0.15, -0.1) is 0 Å². The lowest BCUT2D eigenvalue weighted by atomic mass is 10.2. The minimum Gasteiger partial charge on any atom is -0.497 e. The fourth-order valence-electron chi connectivity index (χ4n) is 1.57. The lowest BCUT2D eigenvalue weighted by Crippen LogP contribution is -2.24. The number of alkyl halides is 1. The van der Waals surface area contributed by atoms with Crippen molar-refractivity contribution < 1.29 is 9.13 Å². The molecular formula is C12H17BrFNO. The topological polar surface area (TPSA) is 12.5 Å². The van der Waals surface area contributed by atoms with Crippen LogP contribution in [0.25, 0.3) is 0 Å². The summed E-state index contributed by atoms with van der Waals surface area (Å²) in [6.45, 7) is 3.55. The first-order valence-electron chi connectivity index (χ1n) is 5.18. The van der Waals surface area contributed by atoms with Crippen LogP contribution in [0.2, 0.25) is 0 Å². The van der Waals surface area contributed by atoms with Crippen LogP contribution in [0.3, 0.4) is 0 Å². The molecule has 0 aliphatic heterocycles. The van der Waals surface area contributed by atoms with Gasteiger partial charge in [-0.2, -0.15) is 0 Å².